The van der Waals surface area contributed by atoms with Crippen LogP contribution in [0.3, 0.4) is 0 Å². The van der Waals surface area contributed by atoms with Crippen LogP contribution in [0.4, 0.5) is 34.1 Å². The van der Waals surface area contributed by atoms with Crippen molar-refractivity contribution in [1.29, 1.82) is 0 Å². The molecule has 2 nitrogen and oxygen atoms in total. The quantitative estimate of drug-likeness (QED) is 0.114. The molecule has 4 heteroatoms. The van der Waals surface area contributed by atoms with Crippen molar-refractivity contribution in [3.05, 3.63) is 370 Å². The Morgan fingerprint density at radius 2 is 0.633 bits per heavy atom. The lowest BCUT2D eigenvalue weighted by Crippen LogP contribution is -2.28. The fourth-order valence-corrected chi connectivity index (χ4v) is 17.2. The van der Waals surface area contributed by atoms with Gasteiger partial charge in [0.25, 0.3) is 0 Å². The van der Waals surface area contributed by atoms with Gasteiger partial charge >= 0.3 is 0 Å². The van der Waals surface area contributed by atoms with Crippen molar-refractivity contribution in [2.45, 2.75) is 38.5 Å². The van der Waals surface area contributed by atoms with Crippen LogP contribution in [-0.2, 0) is 10.8 Å². The molecule has 16 rings (SSSR count). The van der Waals surface area contributed by atoms with E-state index >= 15 is 0 Å². The minimum atomic E-state index is -0.660. The lowest BCUT2D eigenvalue weighted by molar-refractivity contribution is 0.769. The number of benzene rings is 12. The SMILES string of the molecule is C=Cc1ccc(N(c2ccc3c(c2)C(c2ccc(C)cc2)(c2ccc(C)cc2)c2cc(-c4cc5c(s4)-c4ccc(N(c6ccc(C=C)cc6)c6cccc7ccccc67)cc4C5(c4ccc(C)cc4)c4ccc(C)cc4)sc2-3)c2cccc3ccccc23)cc1. The fraction of sp³-hybridized carbons (Fsp3) is 0.0698. The molecule has 0 radical (unpaired) electrons. The average Bonchev–Trinajstić information content (AvgIpc) is 1.53. The first kappa shape index (κ1) is 55.0. The van der Waals surface area contributed by atoms with Crippen LogP contribution in [0, 0.1) is 27.7 Å². The first-order chi connectivity index (χ1) is 44.1. The Bertz CT molecular complexity index is 4690. The molecule has 2 aliphatic carbocycles. The first-order valence-electron chi connectivity index (χ1n) is 31.0. The third-order valence-corrected chi connectivity index (χ3v) is 21.6. The number of hydrogen-bond acceptors (Lipinski definition) is 4. The molecule has 0 aliphatic heterocycles. The maximum absolute atomic E-state index is 4.11. The van der Waals surface area contributed by atoms with Crippen molar-refractivity contribution in [3.63, 3.8) is 0 Å². The topological polar surface area (TPSA) is 6.48 Å². The molecule has 0 atom stereocenters. The summed E-state index contributed by atoms with van der Waals surface area (Å²) in [5.74, 6) is 0. The predicted octanol–water partition coefficient (Wildman–Crippen LogP) is 24.0. The van der Waals surface area contributed by atoms with E-state index in [0.29, 0.717) is 0 Å². The molecular formula is C86H64N2S2. The molecule has 2 heterocycles. The summed E-state index contributed by atoms with van der Waals surface area (Å²) in [6.45, 7) is 17.0. The molecule has 90 heavy (non-hydrogen) atoms. The number of anilines is 6. The van der Waals surface area contributed by atoms with Crippen molar-refractivity contribution in [2.24, 2.45) is 0 Å². The summed E-state index contributed by atoms with van der Waals surface area (Å²) in [5.41, 5.74) is 25.1. The summed E-state index contributed by atoms with van der Waals surface area (Å²) < 4.78 is 0. The van der Waals surface area contributed by atoms with Crippen molar-refractivity contribution >= 4 is 90.5 Å². The zero-order valence-electron chi connectivity index (χ0n) is 50.8. The van der Waals surface area contributed by atoms with Gasteiger partial charge in [-0.3, -0.25) is 0 Å². The second-order valence-corrected chi connectivity index (χ2v) is 26.5. The van der Waals surface area contributed by atoms with Crippen LogP contribution in [0.5, 0.6) is 0 Å². The van der Waals surface area contributed by atoms with Crippen molar-refractivity contribution in [2.75, 3.05) is 9.80 Å². The number of aryl methyl sites for hydroxylation is 4. The van der Waals surface area contributed by atoms with Gasteiger partial charge in [0.1, 0.15) is 0 Å². The average molecular weight is 1190 g/mol. The number of rotatable bonds is 13. The highest BCUT2D eigenvalue weighted by Gasteiger charge is 2.50. The molecule has 0 saturated carbocycles. The van der Waals surface area contributed by atoms with Crippen LogP contribution < -0.4 is 9.80 Å². The minimum Gasteiger partial charge on any atom is -0.310 e. The number of hydrogen-bond donors (Lipinski definition) is 0. The molecule has 0 fully saturated rings. The summed E-state index contributed by atoms with van der Waals surface area (Å²) in [7, 11) is 0. The normalized spacial score (nSPS) is 13.2. The zero-order valence-corrected chi connectivity index (χ0v) is 52.5. The second-order valence-electron chi connectivity index (χ2n) is 24.4. The lowest BCUT2D eigenvalue weighted by Gasteiger charge is -2.35. The van der Waals surface area contributed by atoms with Gasteiger partial charge in [0, 0.05) is 53.0 Å². The Kier molecular flexibility index (Phi) is 13.3. The van der Waals surface area contributed by atoms with E-state index in [1.54, 1.807) is 0 Å². The summed E-state index contributed by atoms with van der Waals surface area (Å²) in [6, 6.07) is 106. The van der Waals surface area contributed by atoms with Gasteiger partial charge in [-0.2, -0.15) is 0 Å². The van der Waals surface area contributed by atoms with Gasteiger partial charge in [0.05, 0.1) is 22.2 Å². The van der Waals surface area contributed by atoms with Gasteiger partial charge < -0.3 is 9.80 Å². The van der Waals surface area contributed by atoms with Crippen LogP contribution in [0.25, 0.3) is 64.3 Å². The smallest absolute Gasteiger partial charge is 0.0723 e. The van der Waals surface area contributed by atoms with E-state index in [1.807, 2.05) is 34.8 Å². The zero-order chi connectivity index (χ0) is 60.8. The van der Waals surface area contributed by atoms with Crippen LogP contribution in [-0.4, -0.2) is 0 Å². The van der Waals surface area contributed by atoms with Crippen LogP contribution in [0.2, 0.25) is 0 Å². The molecule has 2 aromatic heterocycles. The first-order valence-corrected chi connectivity index (χ1v) is 32.6. The highest BCUT2D eigenvalue weighted by atomic mass is 32.1. The van der Waals surface area contributed by atoms with Gasteiger partial charge in [0.15, 0.2) is 0 Å². The van der Waals surface area contributed by atoms with Crippen molar-refractivity contribution in [1.82, 2.24) is 0 Å². The van der Waals surface area contributed by atoms with Gasteiger partial charge in [-0.15, -0.1) is 22.7 Å². The third-order valence-electron chi connectivity index (χ3n) is 19.1. The molecule has 0 unspecified atom stereocenters. The van der Waals surface area contributed by atoms with E-state index in [-0.39, 0.29) is 0 Å². The molecule has 2 aliphatic rings. The molecule has 0 amide bonds. The van der Waals surface area contributed by atoms with Crippen LogP contribution in [0.1, 0.15) is 77.9 Å². The van der Waals surface area contributed by atoms with Gasteiger partial charge in [-0.25, -0.2) is 0 Å². The molecule has 14 aromatic rings. The molecule has 0 N–H and O–H groups in total. The maximum atomic E-state index is 4.11. The Morgan fingerprint density at radius 3 is 0.978 bits per heavy atom. The summed E-state index contributed by atoms with van der Waals surface area (Å²) in [6.07, 6.45) is 3.84. The summed E-state index contributed by atoms with van der Waals surface area (Å²) in [4.78, 5) is 10.0. The van der Waals surface area contributed by atoms with E-state index < -0.39 is 10.8 Å². The van der Waals surface area contributed by atoms with Gasteiger partial charge in [-0.1, -0.05) is 254 Å². The van der Waals surface area contributed by atoms with Crippen molar-refractivity contribution < 1.29 is 0 Å². The maximum Gasteiger partial charge on any atom is 0.0723 e. The Morgan fingerprint density at radius 1 is 0.311 bits per heavy atom. The van der Waals surface area contributed by atoms with Gasteiger partial charge in [-0.05, 0) is 178 Å². The molecular weight excluding hydrogens is 1130 g/mol. The Labute approximate surface area is 535 Å². The molecule has 0 saturated heterocycles. The Balaban J connectivity index is 0.929. The van der Waals surface area contributed by atoms with E-state index in [4.69, 9.17) is 0 Å². The third kappa shape index (κ3) is 8.65. The van der Waals surface area contributed by atoms with E-state index in [1.165, 1.54) is 119 Å². The molecule has 12 aromatic carbocycles. The largest absolute Gasteiger partial charge is 0.310 e. The van der Waals surface area contributed by atoms with Crippen LogP contribution in [0.15, 0.2) is 292 Å². The predicted molar refractivity (Wildman–Crippen MR) is 386 cm³/mol. The number of thiophene rings is 2. The highest BCUT2D eigenvalue weighted by molar-refractivity contribution is 7.25. The highest BCUT2D eigenvalue weighted by Crippen LogP contribution is 2.65. The summed E-state index contributed by atoms with van der Waals surface area (Å²) >= 11 is 3.88. The standard InChI is InChI=1S/C86H64N2S2/c1-7-59-31-43-67(44-32-59)87(79-21-13-17-61-15-9-11-19-71(61)79)69-47-49-73-75(51-69)85(63-35-23-55(3)24-36-63,64-37-25-56(4)26-38-64)77-53-81(89-83(73)77)82-54-78-84(90-82)74-50-48-70(52-76(74)86(78,65-39-27-57(5)28-40-65)66-41-29-58(6)30-42-66)88(68-45-33-60(8-2)34-46-68)80-22-14-18-62-16-10-12-20-72(62)80/h7-54H,1-2H2,3-6H3. The fourth-order valence-electron chi connectivity index (χ4n) is 14.6. The van der Waals surface area contributed by atoms with Gasteiger partial charge in [0.2, 0.25) is 0 Å². The van der Waals surface area contributed by atoms with Crippen molar-refractivity contribution in [3.8, 4) is 30.6 Å². The van der Waals surface area contributed by atoms with Crippen LogP contribution >= 0.6 is 22.7 Å². The lowest BCUT2D eigenvalue weighted by atomic mass is 9.67. The van der Waals surface area contributed by atoms with E-state index in [0.717, 1.165) is 45.3 Å². The molecule has 0 bridgehead atoms. The monoisotopic (exact) mass is 1190 g/mol. The molecule has 0 spiro atoms. The number of fused-ring (bicyclic) bond motifs is 8. The van der Waals surface area contributed by atoms with E-state index in [9.17, 15) is 0 Å². The minimum absolute atomic E-state index is 0.660. The Hall–Kier alpha value is -10.4. The number of nitrogens with zero attached hydrogens (tertiary/aromatic N) is 2. The van der Waals surface area contributed by atoms with E-state index in [2.05, 4.69) is 330 Å². The molecule has 430 valence electrons. The second kappa shape index (κ2) is 21.7. The summed E-state index contributed by atoms with van der Waals surface area (Å²) in [5, 5.41) is 4.78.